The number of anilines is 1. The molecule has 0 aliphatic rings. The Morgan fingerprint density at radius 3 is 2.50 bits per heavy atom. The molecule has 0 spiro atoms. The highest BCUT2D eigenvalue weighted by molar-refractivity contribution is 5.78. The second-order valence-corrected chi connectivity index (χ2v) is 4.80. The number of nitrogen functional groups attached to an aromatic ring is 1. The van der Waals surface area contributed by atoms with Gasteiger partial charge in [-0.1, -0.05) is 0 Å². The van der Waals surface area contributed by atoms with Crippen LogP contribution < -0.4 is 15.8 Å². The van der Waals surface area contributed by atoms with E-state index in [1.165, 1.54) is 0 Å². The normalized spacial score (nSPS) is 12.9. The Balaban J connectivity index is 2.44. The van der Waals surface area contributed by atoms with E-state index in [0.29, 0.717) is 11.4 Å². The third kappa shape index (κ3) is 4.25. The van der Waals surface area contributed by atoms with Crippen molar-refractivity contribution in [1.29, 1.82) is 0 Å². The van der Waals surface area contributed by atoms with E-state index in [2.05, 4.69) is 5.32 Å². The van der Waals surface area contributed by atoms with Crippen LogP contribution in [0.3, 0.4) is 0 Å². The molecule has 0 saturated carbocycles. The summed E-state index contributed by atoms with van der Waals surface area (Å²) in [5.74, 6) is 0.298. The van der Waals surface area contributed by atoms with E-state index in [1.807, 2.05) is 0 Å². The number of ether oxygens (including phenoxy) is 1. The molecule has 0 aromatic heterocycles. The largest absolute Gasteiger partial charge is 0.484 e. The second-order valence-electron chi connectivity index (χ2n) is 4.80. The van der Waals surface area contributed by atoms with E-state index in [4.69, 9.17) is 10.5 Å². The first-order chi connectivity index (χ1) is 8.31. The van der Waals surface area contributed by atoms with E-state index in [0.717, 1.165) is 0 Å². The summed E-state index contributed by atoms with van der Waals surface area (Å²) in [4.78, 5) is 11.6. The van der Waals surface area contributed by atoms with Crippen molar-refractivity contribution in [3.05, 3.63) is 24.3 Å². The first kappa shape index (κ1) is 14.3. The van der Waals surface area contributed by atoms with Crippen LogP contribution in [0.15, 0.2) is 24.3 Å². The molecule has 0 fully saturated rings. The van der Waals surface area contributed by atoms with Crippen LogP contribution >= 0.6 is 0 Å². The van der Waals surface area contributed by atoms with Gasteiger partial charge in [-0.15, -0.1) is 0 Å². The Morgan fingerprint density at radius 1 is 1.44 bits per heavy atom. The summed E-state index contributed by atoms with van der Waals surface area (Å²) >= 11 is 0. The number of benzene rings is 1. The first-order valence-electron chi connectivity index (χ1n) is 5.78. The first-order valence-corrected chi connectivity index (χ1v) is 5.78. The number of hydrogen-bond acceptors (Lipinski definition) is 4. The maximum atomic E-state index is 11.6. The van der Waals surface area contributed by atoms with Crippen LogP contribution in [0, 0.1) is 0 Å². The fourth-order valence-electron chi connectivity index (χ4n) is 1.21. The lowest BCUT2D eigenvalue weighted by Gasteiger charge is -2.29. The topological polar surface area (TPSA) is 84.6 Å². The van der Waals surface area contributed by atoms with E-state index in [9.17, 15) is 9.90 Å². The molecular weight excluding hydrogens is 232 g/mol. The molecule has 1 atom stereocenters. The van der Waals surface area contributed by atoms with E-state index in [-0.39, 0.29) is 12.5 Å². The van der Waals surface area contributed by atoms with E-state index >= 15 is 0 Å². The molecule has 0 aliphatic carbocycles. The third-order valence-corrected chi connectivity index (χ3v) is 2.76. The highest BCUT2D eigenvalue weighted by Crippen LogP contribution is 2.13. The fraction of sp³-hybridized carbons (Fsp3) is 0.462. The molecule has 5 heteroatoms. The molecular formula is C13H20N2O3. The molecule has 1 aromatic rings. The van der Waals surface area contributed by atoms with Crippen molar-refractivity contribution in [2.75, 3.05) is 12.3 Å². The van der Waals surface area contributed by atoms with Crippen LogP contribution in [0.1, 0.15) is 20.8 Å². The molecule has 0 bridgehead atoms. The number of rotatable bonds is 5. The van der Waals surface area contributed by atoms with Gasteiger partial charge in [0.15, 0.2) is 6.61 Å². The average molecular weight is 252 g/mol. The molecule has 18 heavy (non-hydrogen) atoms. The Labute approximate surface area is 107 Å². The molecule has 0 heterocycles. The van der Waals surface area contributed by atoms with Crippen molar-refractivity contribution in [3.8, 4) is 5.75 Å². The Kier molecular flexibility index (Phi) is 4.55. The van der Waals surface area contributed by atoms with Gasteiger partial charge < -0.3 is 20.9 Å². The minimum Gasteiger partial charge on any atom is -0.484 e. The van der Waals surface area contributed by atoms with Crippen molar-refractivity contribution < 1.29 is 14.6 Å². The van der Waals surface area contributed by atoms with Crippen LogP contribution in [-0.4, -0.2) is 29.3 Å². The summed E-state index contributed by atoms with van der Waals surface area (Å²) in [6, 6.07) is 6.80. The summed E-state index contributed by atoms with van der Waals surface area (Å²) < 4.78 is 5.30. The SMILES string of the molecule is CC(O)C(C)(C)NC(=O)COc1ccc(N)cc1. The summed E-state index contributed by atoms with van der Waals surface area (Å²) in [6.45, 7) is 5.03. The molecule has 1 aromatic carbocycles. The van der Waals surface area contributed by atoms with Crippen LogP contribution in [-0.2, 0) is 4.79 Å². The minimum absolute atomic E-state index is 0.0972. The van der Waals surface area contributed by atoms with Crippen molar-refractivity contribution in [3.63, 3.8) is 0 Å². The zero-order chi connectivity index (χ0) is 13.8. The standard InChI is InChI=1S/C13H20N2O3/c1-9(16)13(2,3)15-12(17)8-18-11-6-4-10(14)5-7-11/h4-7,9,16H,8,14H2,1-3H3,(H,15,17). The number of aliphatic hydroxyl groups excluding tert-OH is 1. The molecule has 0 radical (unpaired) electrons. The van der Waals surface area contributed by atoms with Crippen LogP contribution in [0.4, 0.5) is 5.69 Å². The van der Waals surface area contributed by atoms with Gasteiger partial charge in [-0.3, -0.25) is 4.79 Å². The molecule has 0 aliphatic heterocycles. The zero-order valence-corrected chi connectivity index (χ0v) is 10.9. The number of nitrogens with one attached hydrogen (secondary N) is 1. The molecule has 4 N–H and O–H groups in total. The zero-order valence-electron chi connectivity index (χ0n) is 10.9. The number of hydrogen-bond donors (Lipinski definition) is 3. The number of aliphatic hydroxyl groups is 1. The van der Waals surface area contributed by atoms with Gasteiger partial charge in [0.2, 0.25) is 0 Å². The monoisotopic (exact) mass is 252 g/mol. The fourth-order valence-corrected chi connectivity index (χ4v) is 1.21. The predicted octanol–water partition coefficient (Wildman–Crippen LogP) is 0.923. The molecule has 5 nitrogen and oxygen atoms in total. The lowest BCUT2D eigenvalue weighted by Crippen LogP contribution is -2.52. The van der Waals surface area contributed by atoms with Gasteiger partial charge in [0, 0.05) is 5.69 Å². The summed E-state index contributed by atoms with van der Waals surface area (Å²) in [6.07, 6.45) is -0.641. The van der Waals surface area contributed by atoms with Gasteiger partial charge in [-0.25, -0.2) is 0 Å². The van der Waals surface area contributed by atoms with Crippen LogP contribution in [0.5, 0.6) is 5.75 Å². The second kappa shape index (κ2) is 5.73. The van der Waals surface area contributed by atoms with E-state index in [1.54, 1.807) is 45.0 Å². The Bertz CT molecular complexity index is 399. The lowest BCUT2D eigenvalue weighted by molar-refractivity contribution is -0.126. The average Bonchev–Trinajstić information content (AvgIpc) is 2.27. The van der Waals surface area contributed by atoms with Crippen LogP contribution in [0.2, 0.25) is 0 Å². The minimum atomic E-state index is -0.679. The molecule has 100 valence electrons. The lowest BCUT2D eigenvalue weighted by atomic mass is 9.99. The van der Waals surface area contributed by atoms with Crippen molar-refractivity contribution in [2.24, 2.45) is 0 Å². The van der Waals surface area contributed by atoms with Crippen molar-refractivity contribution in [2.45, 2.75) is 32.4 Å². The third-order valence-electron chi connectivity index (χ3n) is 2.76. The molecule has 1 unspecified atom stereocenters. The summed E-state index contributed by atoms with van der Waals surface area (Å²) in [5, 5.41) is 12.2. The Morgan fingerprint density at radius 2 is 2.00 bits per heavy atom. The van der Waals surface area contributed by atoms with Gasteiger partial charge in [0.1, 0.15) is 5.75 Å². The van der Waals surface area contributed by atoms with Gasteiger partial charge in [-0.2, -0.15) is 0 Å². The number of nitrogens with two attached hydrogens (primary N) is 1. The van der Waals surface area contributed by atoms with E-state index < -0.39 is 11.6 Å². The van der Waals surface area contributed by atoms with Crippen LogP contribution in [0.25, 0.3) is 0 Å². The number of amides is 1. The highest BCUT2D eigenvalue weighted by atomic mass is 16.5. The van der Waals surface area contributed by atoms with Gasteiger partial charge in [0.05, 0.1) is 11.6 Å². The van der Waals surface area contributed by atoms with Gasteiger partial charge >= 0.3 is 0 Å². The van der Waals surface area contributed by atoms with Gasteiger partial charge in [0.25, 0.3) is 5.91 Å². The summed E-state index contributed by atoms with van der Waals surface area (Å²) in [7, 11) is 0. The predicted molar refractivity (Wildman–Crippen MR) is 70.3 cm³/mol. The molecule has 1 amide bonds. The number of carbonyl (C=O) groups is 1. The van der Waals surface area contributed by atoms with Crippen molar-refractivity contribution >= 4 is 11.6 Å². The highest BCUT2D eigenvalue weighted by Gasteiger charge is 2.25. The summed E-state index contributed by atoms with van der Waals surface area (Å²) in [5.41, 5.74) is 5.50. The Hall–Kier alpha value is -1.75. The van der Waals surface area contributed by atoms with Crippen molar-refractivity contribution in [1.82, 2.24) is 5.32 Å². The van der Waals surface area contributed by atoms with Gasteiger partial charge in [-0.05, 0) is 45.0 Å². The molecule has 1 rings (SSSR count). The number of carbonyl (C=O) groups excluding carboxylic acids is 1. The smallest absolute Gasteiger partial charge is 0.258 e. The maximum Gasteiger partial charge on any atom is 0.258 e. The maximum absolute atomic E-state index is 11.6. The quantitative estimate of drug-likeness (QED) is 0.680. The molecule has 0 saturated heterocycles.